The zero-order valence-corrected chi connectivity index (χ0v) is 17.3. The molecule has 1 fully saturated rings. The molecule has 13 heteroatoms. The van der Waals surface area contributed by atoms with Gasteiger partial charge in [0.1, 0.15) is 12.7 Å². The van der Waals surface area contributed by atoms with Gasteiger partial charge in [0.15, 0.2) is 28.0 Å². The second-order valence-corrected chi connectivity index (χ2v) is 7.85. The third-order valence-electron chi connectivity index (χ3n) is 3.97. The van der Waals surface area contributed by atoms with Crippen molar-refractivity contribution in [2.75, 3.05) is 12.3 Å². The van der Waals surface area contributed by atoms with Gasteiger partial charge in [-0.2, -0.15) is 4.98 Å². The number of nitrogens with two attached hydrogens (primary N) is 1. The number of nitrogens with zero attached hydrogens (tertiary/aromatic N) is 3. The summed E-state index contributed by atoms with van der Waals surface area (Å²) in [5.74, 6) is -1.75. The number of hydrogen-bond donors (Lipinski definition) is 1. The summed E-state index contributed by atoms with van der Waals surface area (Å²) < 4.78 is 24.3. The van der Waals surface area contributed by atoms with Crippen molar-refractivity contribution in [2.24, 2.45) is 0 Å². The summed E-state index contributed by atoms with van der Waals surface area (Å²) in [4.78, 5) is 42.8. The second kappa shape index (κ2) is 8.39. The maximum absolute atomic E-state index is 11.7. The van der Waals surface area contributed by atoms with Crippen LogP contribution in [0.15, 0.2) is 6.20 Å². The highest BCUT2D eigenvalue weighted by molar-refractivity contribution is 7.73. The quantitative estimate of drug-likeness (QED) is 0.404. The maximum Gasteiger partial charge on any atom is 0.303 e. The van der Waals surface area contributed by atoms with Crippen LogP contribution in [0, 0.1) is 3.95 Å². The van der Waals surface area contributed by atoms with Crippen LogP contribution in [-0.4, -0.2) is 57.4 Å². The summed E-state index contributed by atoms with van der Waals surface area (Å²) in [5, 5.41) is 0. The predicted molar refractivity (Wildman–Crippen MR) is 102 cm³/mol. The van der Waals surface area contributed by atoms with Crippen LogP contribution < -0.4 is 5.73 Å². The van der Waals surface area contributed by atoms with Gasteiger partial charge in [-0.15, -0.1) is 11.3 Å². The second-order valence-electron chi connectivity index (χ2n) is 6.17. The third kappa shape index (κ3) is 4.52. The van der Waals surface area contributed by atoms with Crippen LogP contribution in [0.1, 0.15) is 27.0 Å². The highest BCUT2D eigenvalue weighted by Gasteiger charge is 2.51. The molecule has 0 bridgehead atoms. The summed E-state index contributed by atoms with van der Waals surface area (Å²) in [5.41, 5.74) is 6.08. The standard InChI is InChI=1S/C16H18N4O7S2/c1-6(21)24-5-9-11(25-7(2)22)12(26-8(3)23)14(27-9)20-13-10(29-16(20)28)4-18-15(17)19-13/h4,9,11-12,14H,5H2,1-3H3,(H2,17,18,19)/t9-,11-,12-,14-/m1/s1. The van der Waals surface area contributed by atoms with Crippen molar-refractivity contribution in [1.82, 2.24) is 14.5 Å². The van der Waals surface area contributed by atoms with Crippen LogP contribution in [-0.2, 0) is 33.3 Å². The summed E-state index contributed by atoms with van der Waals surface area (Å²) in [6.45, 7) is 3.44. The number of aromatic nitrogens is 3. The first-order valence-corrected chi connectivity index (χ1v) is 9.66. The van der Waals surface area contributed by atoms with Gasteiger partial charge in [0, 0.05) is 20.8 Å². The van der Waals surface area contributed by atoms with E-state index in [1.165, 1.54) is 42.9 Å². The van der Waals surface area contributed by atoms with Crippen LogP contribution in [0.4, 0.5) is 5.95 Å². The minimum Gasteiger partial charge on any atom is -0.463 e. The Morgan fingerprint density at radius 3 is 2.48 bits per heavy atom. The number of rotatable bonds is 5. The van der Waals surface area contributed by atoms with Crippen LogP contribution in [0.25, 0.3) is 10.3 Å². The Hall–Kier alpha value is -2.64. The Morgan fingerprint density at radius 1 is 1.21 bits per heavy atom. The van der Waals surface area contributed by atoms with Crippen molar-refractivity contribution in [2.45, 2.75) is 45.3 Å². The molecule has 0 aliphatic carbocycles. The summed E-state index contributed by atoms with van der Waals surface area (Å²) in [6.07, 6.45) is -2.45. The molecule has 1 saturated heterocycles. The molecule has 0 amide bonds. The molecule has 2 aromatic rings. The lowest BCUT2D eigenvalue weighted by Crippen LogP contribution is -2.40. The minimum atomic E-state index is -1.06. The van der Waals surface area contributed by atoms with Gasteiger partial charge in [-0.1, -0.05) is 0 Å². The molecule has 1 aliphatic rings. The van der Waals surface area contributed by atoms with Crippen molar-refractivity contribution in [1.29, 1.82) is 0 Å². The van der Waals surface area contributed by atoms with E-state index in [1.807, 2.05) is 0 Å². The molecule has 0 spiro atoms. The Labute approximate surface area is 173 Å². The van der Waals surface area contributed by atoms with E-state index in [1.54, 1.807) is 0 Å². The van der Waals surface area contributed by atoms with E-state index >= 15 is 0 Å². The first-order chi connectivity index (χ1) is 13.7. The Kier molecular flexibility index (Phi) is 6.10. The van der Waals surface area contributed by atoms with Crippen molar-refractivity contribution < 1.29 is 33.3 Å². The van der Waals surface area contributed by atoms with Crippen LogP contribution in [0.5, 0.6) is 0 Å². The van der Waals surface area contributed by atoms with Gasteiger partial charge in [0.2, 0.25) is 5.95 Å². The Balaban J connectivity index is 2.08. The van der Waals surface area contributed by atoms with Crippen molar-refractivity contribution >= 4 is 57.8 Å². The number of ether oxygens (including phenoxy) is 4. The molecule has 29 heavy (non-hydrogen) atoms. The van der Waals surface area contributed by atoms with Gasteiger partial charge in [0.25, 0.3) is 0 Å². The first-order valence-electron chi connectivity index (χ1n) is 8.44. The lowest BCUT2D eigenvalue weighted by molar-refractivity contribution is -0.166. The van der Waals surface area contributed by atoms with Crippen molar-refractivity contribution in [3.63, 3.8) is 0 Å². The van der Waals surface area contributed by atoms with E-state index in [0.717, 1.165) is 0 Å². The lowest BCUT2D eigenvalue weighted by atomic mass is 10.1. The van der Waals surface area contributed by atoms with E-state index in [4.69, 9.17) is 36.9 Å². The topological polar surface area (TPSA) is 145 Å². The Morgan fingerprint density at radius 2 is 1.86 bits per heavy atom. The maximum atomic E-state index is 11.7. The molecule has 3 rings (SSSR count). The average molecular weight is 442 g/mol. The van der Waals surface area contributed by atoms with Gasteiger partial charge in [0.05, 0.1) is 10.9 Å². The largest absolute Gasteiger partial charge is 0.463 e. The number of carbonyl (C=O) groups is 3. The number of carbonyl (C=O) groups excluding carboxylic acids is 3. The van der Waals surface area contributed by atoms with Crippen LogP contribution >= 0.6 is 23.6 Å². The number of anilines is 1. The fraction of sp³-hybridized carbons (Fsp3) is 0.500. The van der Waals surface area contributed by atoms with Crippen molar-refractivity contribution in [3.8, 4) is 0 Å². The molecule has 4 atom stereocenters. The monoisotopic (exact) mass is 442 g/mol. The average Bonchev–Trinajstić information content (AvgIpc) is 3.09. The SMILES string of the molecule is CC(=O)OC[C@H]1O[C@@H](n2c(=S)sc3cnc(N)nc32)[C@H](OC(C)=O)[C@@H]1OC(C)=O. The molecule has 2 N–H and O–H groups in total. The Bertz CT molecular complexity index is 1020. The molecule has 0 unspecified atom stereocenters. The molecule has 0 saturated carbocycles. The summed E-state index contributed by atoms with van der Waals surface area (Å²) in [7, 11) is 0. The number of hydrogen-bond acceptors (Lipinski definition) is 12. The molecule has 11 nitrogen and oxygen atoms in total. The fourth-order valence-electron chi connectivity index (χ4n) is 2.97. The van der Waals surface area contributed by atoms with Gasteiger partial charge in [-0.3, -0.25) is 19.0 Å². The first kappa shape index (κ1) is 21.1. The zero-order chi connectivity index (χ0) is 21.3. The summed E-state index contributed by atoms with van der Waals surface area (Å²) in [6, 6.07) is 0. The fourth-order valence-corrected chi connectivity index (χ4v) is 4.25. The molecule has 0 radical (unpaired) electrons. The molecule has 1 aliphatic heterocycles. The van der Waals surface area contributed by atoms with E-state index in [9.17, 15) is 14.4 Å². The third-order valence-corrected chi connectivity index (χ3v) is 5.30. The van der Waals surface area contributed by atoms with E-state index in [2.05, 4.69) is 9.97 Å². The van der Waals surface area contributed by atoms with Crippen LogP contribution in [0.2, 0.25) is 0 Å². The van der Waals surface area contributed by atoms with Gasteiger partial charge < -0.3 is 24.7 Å². The smallest absolute Gasteiger partial charge is 0.303 e. The number of nitrogen functional groups attached to an aromatic ring is 1. The van der Waals surface area contributed by atoms with E-state index in [0.29, 0.717) is 14.3 Å². The van der Waals surface area contributed by atoms with E-state index in [-0.39, 0.29) is 12.6 Å². The molecule has 156 valence electrons. The van der Waals surface area contributed by atoms with Gasteiger partial charge in [-0.25, -0.2) is 4.98 Å². The molecular weight excluding hydrogens is 424 g/mol. The highest BCUT2D eigenvalue weighted by atomic mass is 32.1. The molecule has 0 aromatic carbocycles. The normalized spacial score (nSPS) is 23.7. The molecule has 2 aromatic heterocycles. The van der Waals surface area contributed by atoms with Gasteiger partial charge in [-0.05, 0) is 12.2 Å². The van der Waals surface area contributed by atoms with Crippen molar-refractivity contribution in [3.05, 3.63) is 10.2 Å². The van der Waals surface area contributed by atoms with E-state index < -0.39 is 42.4 Å². The summed E-state index contributed by atoms with van der Waals surface area (Å²) >= 11 is 6.64. The van der Waals surface area contributed by atoms with Crippen LogP contribution in [0.3, 0.4) is 0 Å². The lowest BCUT2D eigenvalue weighted by Gasteiger charge is -2.23. The highest BCUT2D eigenvalue weighted by Crippen LogP contribution is 2.38. The molecular formula is C16H18N4O7S2. The zero-order valence-electron chi connectivity index (χ0n) is 15.7. The number of fused-ring (bicyclic) bond motifs is 1. The number of esters is 3. The molecule has 3 heterocycles. The minimum absolute atomic E-state index is 0.0223. The number of thiazole rings is 1. The van der Waals surface area contributed by atoms with Gasteiger partial charge >= 0.3 is 17.9 Å². The predicted octanol–water partition coefficient (Wildman–Crippen LogP) is 1.13.